The number of nitrogens with two attached hydrogens (primary N) is 1. The molecule has 0 spiro atoms. The van der Waals surface area contributed by atoms with Gasteiger partial charge in [0.15, 0.2) is 0 Å². The number of rotatable bonds is 3. The maximum Gasteiger partial charge on any atom is 0.127 e. The molecular weight excluding hydrogens is 231 g/mol. The first kappa shape index (κ1) is 13.5. The molecular formula is C14H21FN2O. The number of nitrogens with zero attached hydrogens (tertiary/aromatic N) is 1. The summed E-state index contributed by atoms with van der Waals surface area (Å²) in [6.45, 7) is 6.77. The van der Waals surface area contributed by atoms with Gasteiger partial charge in [-0.3, -0.25) is 4.90 Å². The Morgan fingerprint density at radius 1 is 1.44 bits per heavy atom. The van der Waals surface area contributed by atoms with Gasteiger partial charge in [-0.1, -0.05) is 12.1 Å². The molecule has 2 N–H and O–H groups in total. The van der Waals surface area contributed by atoms with E-state index in [1.807, 2.05) is 13.0 Å². The molecule has 18 heavy (non-hydrogen) atoms. The van der Waals surface area contributed by atoms with Crippen LogP contribution in [0.5, 0.6) is 0 Å². The fraction of sp³-hybridized carbons (Fsp3) is 0.571. The van der Waals surface area contributed by atoms with Crippen LogP contribution in [-0.2, 0) is 17.8 Å². The number of halogens is 1. The summed E-state index contributed by atoms with van der Waals surface area (Å²) in [5.74, 6) is -0.154. The Bertz CT molecular complexity index is 411. The summed E-state index contributed by atoms with van der Waals surface area (Å²) in [7, 11) is 0. The minimum absolute atomic E-state index is 0.154. The molecule has 0 aliphatic carbocycles. The molecule has 2 atom stereocenters. The van der Waals surface area contributed by atoms with E-state index in [1.54, 1.807) is 6.07 Å². The SMILES string of the molecule is CC1CN(Cc2cc(CN)ccc2F)C(C)CO1. The Labute approximate surface area is 108 Å². The third-order valence-corrected chi connectivity index (χ3v) is 3.46. The van der Waals surface area contributed by atoms with Crippen LogP contribution in [0.2, 0.25) is 0 Å². The number of hydrogen-bond donors (Lipinski definition) is 1. The Hall–Kier alpha value is -0.970. The highest BCUT2D eigenvalue weighted by molar-refractivity contribution is 5.25. The highest BCUT2D eigenvalue weighted by atomic mass is 19.1. The molecule has 0 bridgehead atoms. The molecule has 0 saturated carbocycles. The zero-order chi connectivity index (χ0) is 13.1. The number of hydrogen-bond acceptors (Lipinski definition) is 3. The molecule has 0 radical (unpaired) electrons. The van der Waals surface area contributed by atoms with E-state index in [9.17, 15) is 4.39 Å². The van der Waals surface area contributed by atoms with E-state index in [-0.39, 0.29) is 11.9 Å². The minimum Gasteiger partial charge on any atom is -0.376 e. The molecule has 0 amide bonds. The molecule has 2 rings (SSSR count). The van der Waals surface area contributed by atoms with Crippen LogP contribution < -0.4 is 5.73 Å². The fourth-order valence-corrected chi connectivity index (χ4v) is 2.29. The lowest BCUT2D eigenvalue weighted by Gasteiger charge is -2.36. The standard InChI is InChI=1S/C14H21FN2O/c1-10-9-18-11(2)7-17(10)8-13-5-12(6-16)3-4-14(13)15/h3-5,10-11H,6-9,16H2,1-2H3. The van der Waals surface area contributed by atoms with Crippen molar-refractivity contribution in [2.75, 3.05) is 13.2 Å². The maximum absolute atomic E-state index is 13.8. The summed E-state index contributed by atoms with van der Waals surface area (Å²) in [6, 6.07) is 5.43. The van der Waals surface area contributed by atoms with Crippen molar-refractivity contribution in [3.05, 3.63) is 35.1 Å². The van der Waals surface area contributed by atoms with Crippen LogP contribution in [0.4, 0.5) is 4.39 Å². The van der Waals surface area contributed by atoms with Gasteiger partial charge < -0.3 is 10.5 Å². The smallest absolute Gasteiger partial charge is 0.127 e. The first-order valence-electron chi connectivity index (χ1n) is 6.43. The van der Waals surface area contributed by atoms with Crippen LogP contribution in [0.25, 0.3) is 0 Å². The van der Waals surface area contributed by atoms with Gasteiger partial charge in [0.1, 0.15) is 5.82 Å². The zero-order valence-electron chi connectivity index (χ0n) is 11.0. The molecule has 1 aromatic rings. The van der Waals surface area contributed by atoms with Crippen molar-refractivity contribution in [3.63, 3.8) is 0 Å². The second-order valence-corrected chi connectivity index (χ2v) is 5.05. The van der Waals surface area contributed by atoms with Gasteiger partial charge in [-0.2, -0.15) is 0 Å². The van der Waals surface area contributed by atoms with Crippen molar-refractivity contribution in [2.24, 2.45) is 5.73 Å². The number of benzene rings is 1. The first-order chi connectivity index (χ1) is 8.60. The largest absolute Gasteiger partial charge is 0.376 e. The van der Waals surface area contributed by atoms with Gasteiger partial charge in [0.2, 0.25) is 0 Å². The third kappa shape index (κ3) is 3.07. The Morgan fingerprint density at radius 2 is 2.22 bits per heavy atom. The molecule has 1 aliphatic heterocycles. The maximum atomic E-state index is 13.8. The number of ether oxygens (including phenoxy) is 1. The van der Waals surface area contributed by atoms with E-state index in [4.69, 9.17) is 10.5 Å². The molecule has 3 nitrogen and oxygen atoms in total. The molecule has 2 unspecified atom stereocenters. The van der Waals surface area contributed by atoms with Crippen molar-refractivity contribution < 1.29 is 9.13 Å². The quantitative estimate of drug-likeness (QED) is 0.893. The lowest BCUT2D eigenvalue weighted by molar-refractivity contribution is -0.0529. The normalized spacial score (nSPS) is 25.3. The Kier molecular flexibility index (Phi) is 4.32. The van der Waals surface area contributed by atoms with E-state index < -0.39 is 0 Å². The monoisotopic (exact) mass is 252 g/mol. The summed E-state index contributed by atoms with van der Waals surface area (Å²) in [6.07, 6.45) is 0.210. The van der Waals surface area contributed by atoms with Crippen molar-refractivity contribution in [1.29, 1.82) is 0 Å². The van der Waals surface area contributed by atoms with E-state index in [2.05, 4.69) is 11.8 Å². The average Bonchev–Trinajstić information content (AvgIpc) is 2.36. The van der Waals surface area contributed by atoms with Gasteiger partial charge in [-0.05, 0) is 25.5 Å². The van der Waals surface area contributed by atoms with E-state index in [1.165, 1.54) is 6.07 Å². The highest BCUT2D eigenvalue weighted by Crippen LogP contribution is 2.18. The van der Waals surface area contributed by atoms with Gasteiger partial charge in [0.25, 0.3) is 0 Å². The van der Waals surface area contributed by atoms with Crippen molar-refractivity contribution in [2.45, 2.75) is 39.1 Å². The van der Waals surface area contributed by atoms with Crippen molar-refractivity contribution in [1.82, 2.24) is 4.90 Å². The van der Waals surface area contributed by atoms with Gasteiger partial charge in [-0.25, -0.2) is 4.39 Å². The molecule has 0 aromatic heterocycles. The van der Waals surface area contributed by atoms with Crippen molar-refractivity contribution >= 4 is 0 Å². The molecule has 4 heteroatoms. The summed E-state index contributed by atoms with van der Waals surface area (Å²) in [5, 5.41) is 0. The average molecular weight is 252 g/mol. The second kappa shape index (κ2) is 5.78. The highest BCUT2D eigenvalue weighted by Gasteiger charge is 2.24. The van der Waals surface area contributed by atoms with Crippen LogP contribution in [0, 0.1) is 5.82 Å². The predicted molar refractivity (Wildman–Crippen MR) is 69.6 cm³/mol. The lowest BCUT2D eigenvalue weighted by atomic mass is 10.1. The molecule has 100 valence electrons. The predicted octanol–water partition coefficient (Wildman–Crippen LogP) is 1.89. The molecule has 1 aliphatic rings. The third-order valence-electron chi connectivity index (χ3n) is 3.46. The van der Waals surface area contributed by atoms with Crippen LogP contribution in [-0.4, -0.2) is 30.2 Å². The molecule has 1 heterocycles. The van der Waals surface area contributed by atoms with Gasteiger partial charge in [-0.15, -0.1) is 0 Å². The fourth-order valence-electron chi connectivity index (χ4n) is 2.29. The molecule has 1 aromatic carbocycles. The van der Waals surface area contributed by atoms with Gasteiger partial charge >= 0.3 is 0 Å². The van der Waals surface area contributed by atoms with E-state index in [0.717, 1.165) is 17.7 Å². The molecule has 1 saturated heterocycles. The second-order valence-electron chi connectivity index (χ2n) is 5.05. The van der Waals surface area contributed by atoms with Crippen LogP contribution in [0.15, 0.2) is 18.2 Å². The number of morpholine rings is 1. The Morgan fingerprint density at radius 3 is 2.94 bits per heavy atom. The minimum atomic E-state index is -0.154. The van der Waals surface area contributed by atoms with Gasteiger partial charge in [0.05, 0.1) is 12.7 Å². The van der Waals surface area contributed by atoms with Crippen molar-refractivity contribution in [3.8, 4) is 0 Å². The summed E-state index contributed by atoms with van der Waals surface area (Å²) < 4.78 is 19.4. The topological polar surface area (TPSA) is 38.5 Å². The van der Waals surface area contributed by atoms with Gasteiger partial charge in [0, 0.05) is 31.2 Å². The van der Waals surface area contributed by atoms with E-state index in [0.29, 0.717) is 25.7 Å². The first-order valence-corrected chi connectivity index (χ1v) is 6.43. The summed E-state index contributed by atoms with van der Waals surface area (Å²) >= 11 is 0. The van der Waals surface area contributed by atoms with Crippen LogP contribution in [0.3, 0.4) is 0 Å². The summed E-state index contributed by atoms with van der Waals surface area (Å²) in [5.41, 5.74) is 7.29. The lowest BCUT2D eigenvalue weighted by Crippen LogP contribution is -2.46. The molecule has 1 fully saturated rings. The Balaban J connectivity index is 2.12. The summed E-state index contributed by atoms with van der Waals surface area (Å²) in [4.78, 5) is 2.26. The van der Waals surface area contributed by atoms with Crippen LogP contribution >= 0.6 is 0 Å². The van der Waals surface area contributed by atoms with Crippen LogP contribution in [0.1, 0.15) is 25.0 Å². The van der Waals surface area contributed by atoms with E-state index >= 15 is 0 Å². The zero-order valence-corrected chi connectivity index (χ0v) is 11.0.